The Morgan fingerprint density at radius 2 is 1.04 bits per heavy atom. The molecule has 0 aliphatic carbocycles. The minimum atomic E-state index is -2.01. The van der Waals surface area contributed by atoms with Gasteiger partial charge >= 0.3 is 0 Å². The molecule has 4 saturated heterocycles. The molecule has 0 aromatic carbocycles. The average Bonchev–Trinajstić information content (AvgIpc) is 3.04. The summed E-state index contributed by atoms with van der Waals surface area (Å²) in [6.45, 7) is -0.118. The fraction of sp³-hybridized carbons (Fsp3) is 0.962. The zero-order chi connectivity index (χ0) is 34.9. The molecule has 1 unspecified atom stereocenters. The van der Waals surface area contributed by atoms with Crippen LogP contribution in [0.25, 0.3) is 0 Å². The van der Waals surface area contributed by atoms with Crippen molar-refractivity contribution in [3.63, 3.8) is 0 Å². The quantitative estimate of drug-likeness (QED) is 0.101. The number of aliphatic hydroxyl groups excluding tert-OH is 12. The molecule has 21 nitrogen and oxygen atoms in total. The van der Waals surface area contributed by atoms with Crippen LogP contribution < -0.4 is 5.32 Å². The van der Waals surface area contributed by atoms with Gasteiger partial charge in [-0.05, 0) is 6.92 Å². The lowest BCUT2D eigenvalue weighted by Crippen LogP contribution is -2.69. The maximum atomic E-state index is 11.9. The minimum absolute atomic E-state index is 0.695. The summed E-state index contributed by atoms with van der Waals surface area (Å²) in [6.07, 6.45) is -32.8. The number of carbonyl (C=O) groups excluding carboxylic acids is 1. The van der Waals surface area contributed by atoms with Gasteiger partial charge in [0.2, 0.25) is 5.91 Å². The summed E-state index contributed by atoms with van der Waals surface area (Å²) in [5, 5.41) is 127. The molecule has 21 heteroatoms. The van der Waals surface area contributed by atoms with Gasteiger partial charge in [0, 0.05) is 6.92 Å². The summed E-state index contributed by atoms with van der Waals surface area (Å²) in [5.74, 6) is -0.695. The molecular weight excluding hydrogens is 646 g/mol. The summed E-state index contributed by atoms with van der Waals surface area (Å²) in [6, 6.07) is -1.50. The Labute approximate surface area is 267 Å². The van der Waals surface area contributed by atoms with E-state index in [9.17, 15) is 66.1 Å². The molecule has 4 fully saturated rings. The van der Waals surface area contributed by atoms with Crippen molar-refractivity contribution in [1.82, 2.24) is 5.32 Å². The second-order valence-corrected chi connectivity index (χ2v) is 11.9. The summed E-state index contributed by atoms with van der Waals surface area (Å²) in [5.41, 5.74) is 0. The first-order valence-corrected chi connectivity index (χ1v) is 15.0. The largest absolute Gasteiger partial charge is 0.394 e. The zero-order valence-corrected chi connectivity index (χ0v) is 25.3. The van der Waals surface area contributed by atoms with Crippen LogP contribution in [0.4, 0.5) is 0 Å². The number of ether oxygens (including phenoxy) is 7. The number of hydrogen-bond acceptors (Lipinski definition) is 20. The van der Waals surface area contributed by atoms with Crippen molar-refractivity contribution in [2.75, 3.05) is 19.8 Å². The van der Waals surface area contributed by atoms with Gasteiger partial charge < -0.3 is 99.8 Å². The van der Waals surface area contributed by atoms with E-state index < -0.39 is 148 Å². The molecule has 0 radical (unpaired) electrons. The smallest absolute Gasteiger partial charge is 0.217 e. The lowest BCUT2D eigenvalue weighted by molar-refractivity contribution is -0.396. The first-order valence-electron chi connectivity index (χ1n) is 15.0. The van der Waals surface area contributed by atoms with E-state index in [1.54, 1.807) is 0 Å². The zero-order valence-electron chi connectivity index (χ0n) is 25.3. The van der Waals surface area contributed by atoms with Gasteiger partial charge in [-0.25, -0.2) is 0 Å². The van der Waals surface area contributed by atoms with Gasteiger partial charge in [0.1, 0.15) is 91.5 Å². The molecule has 4 rings (SSSR count). The maximum Gasteiger partial charge on any atom is 0.217 e. The van der Waals surface area contributed by atoms with E-state index in [1.807, 2.05) is 0 Å². The van der Waals surface area contributed by atoms with Crippen LogP contribution in [0.15, 0.2) is 0 Å². The van der Waals surface area contributed by atoms with Gasteiger partial charge in [0.15, 0.2) is 25.2 Å². The highest BCUT2D eigenvalue weighted by Gasteiger charge is 2.56. The van der Waals surface area contributed by atoms with Crippen molar-refractivity contribution in [3.05, 3.63) is 0 Å². The minimum Gasteiger partial charge on any atom is -0.394 e. The molecule has 4 aliphatic rings. The fourth-order valence-electron chi connectivity index (χ4n) is 5.87. The SMILES string of the molecule is CC(=O)N[C@H]1C(O)O[C@H](CO)[C@H](O)[C@@H]1O[C@@H]1O[C@H](CO)[C@H](O[C@H]2O[C@H](CO)[C@H](O)[C@H](O)[C@H]2O)[C@H](O)[C@H]1O[C@@H]1O[C@@H](C)[C@@H](O)[C@@H](O)[C@@H]1O. The molecule has 20 atom stereocenters. The van der Waals surface area contributed by atoms with Crippen molar-refractivity contribution in [3.8, 4) is 0 Å². The molecule has 274 valence electrons. The molecule has 0 aromatic rings. The lowest BCUT2D eigenvalue weighted by Gasteiger charge is -2.50. The summed E-state index contributed by atoms with van der Waals surface area (Å²) >= 11 is 0. The third kappa shape index (κ3) is 8.04. The normalized spacial score (nSPS) is 51.0. The van der Waals surface area contributed by atoms with Crippen LogP contribution in [0.2, 0.25) is 0 Å². The fourth-order valence-corrected chi connectivity index (χ4v) is 5.87. The summed E-state index contributed by atoms with van der Waals surface area (Å²) in [7, 11) is 0. The monoisotopic (exact) mass is 691 g/mol. The van der Waals surface area contributed by atoms with Crippen LogP contribution in [0.3, 0.4) is 0 Å². The Morgan fingerprint density at radius 1 is 0.553 bits per heavy atom. The summed E-state index contributed by atoms with van der Waals surface area (Å²) < 4.78 is 39.2. The van der Waals surface area contributed by atoms with E-state index in [0.717, 1.165) is 6.92 Å². The first kappa shape index (κ1) is 38.5. The van der Waals surface area contributed by atoms with Crippen LogP contribution in [0, 0.1) is 0 Å². The van der Waals surface area contributed by atoms with Crippen molar-refractivity contribution in [2.45, 2.75) is 137 Å². The number of nitrogens with one attached hydrogen (secondary N) is 1. The Balaban J connectivity index is 1.67. The molecule has 0 spiro atoms. The Kier molecular flexibility index (Phi) is 13.2. The number of amides is 1. The van der Waals surface area contributed by atoms with Gasteiger partial charge in [-0.15, -0.1) is 0 Å². The highest BCUT2D eigenvalue weighted by molar-refractivity contribution is 5.73. The lowest BCUT2D eigenvalue weighted by atomic mass is 9.94. The number of aliphatic hydroxyl groups is 12. The van der Waals surface area contributed by atoms with E-state index >= 15 is 0 Å². The Morgan fingerprint density at radius 3 is 1.62 bits per heavy atom. The average molecular weight is 692 g/mol. The number of hydrogen-bond donors (Lipinski definition) is 13. The van der Waals surface area contributed by atoms with Crippen molar-refractivity contribution in [2.24, 2.45) is 0 Å². The van der Waals surface area contributed by atoms with Crippen LogP contribution in [0.5, 0.6) is 0 Å². The van der Waals surface area contributed by atoms with Crippen LogP contribution >= 0.6 is 0 Å². The van der Waals surface area contributed by atoms with E-state index in [4.69, 9.17) is 33.2 Å². The topological polar surface area (TPSA) is 336 Å². The van der Waals surface area contributed by atoms with Gasteiger partial charge in [0.05, 0.1) is 25.9 Å². The molecule has 4 heterocycles. The molecule has 13 N–H and O–H groups in total. The van der Waals surface area contributed by atoms with Crippen LogP contribution in [-0.4, -0.2) is 210 Å². The van der Waals surface area contributed by atoms with Crippen molar-refractivity contribution in [1.29, 1.82) is 0 Å². The van der Waals surface area contributed by atoms with Crippen molar-refractivity contribution >= 4 is 5.91 Å². The predicted molar refractivity (Wildman–Crippen MR) is 144 cm³/mol. The maximum absolute atomic E-state index is 11.9. The third-order valence-electron chi connectivity index (χ3n) is 8.57. The van der Waals surface area contributed by atoms with Gasteiger partial charge in [0.25, 0.3) is 0 Å². The van der Waals surface area contributed by atoms with Gasteiger partial charge in [-0.3, -0.25) is 4.79 Å². The molecule has 47 heavy (non-hydrogen) atoms. The number of rotatable bonds is 10. The van der Waals surface area contributed by atoms with E-state index in [1.165, 1.54) is 6.92 Å². The second kappa shape index (κ2) is 16.2. The van der Waals surface area contributed by atoms with Crippen molar-refractivity contribution < 1.29 is 99.2 Å². The van der Waals surface area contributed by atoms with E-state index in [2.05, 4.69) is 5.32 Å². The second-order valence-electron chi connectivity index (χ2n) is 11.9. The predicted octanol–water partition coefficient (Wildman–Crippen LogP) is -8.58. The van der Waals surface area contributed by atoms with E-state index in [0.29, 0.717) is 0 Å². The molecule has 4 aliphatic heterocycles. The molecule has 0 aromatic heterocycles. The highest BCUT2D eigenvalue weighted by Crippen LogP contribution is 2.35. The number of carbonyl (C=O) groups is 1. The van der Waals surface area contributed by atoms with Gasteiger partial charge in [-0.2, -0.15) is 0 Å². The standard InChI is InChI=1S/C26H45NO20/c1-6-12(32)15(35)17(37)24(41-6)47-22-19(39)20(45-25-18(38)16(36)13(33)8(3-28)43-25)10(5-30)44-26(22)46-21-11(27-7(2)31)23(40)42-9(4-29)14(21)34/h6,8-26,28-30,32-40H,3-5H2,1-2H3,(H,27,31)/t6-,8+,9+,10+,11+,12+,13-,14-,15+,16-,17-,18+,19-,20-,21+,22+,23?,24-,25+,26-/m0/s1. The highest BCUT2D eigenvalue weighted by atomic mass is 16.8. The molecule has 1 amide bonds. The molecule has 0 saturated carbocycles. The van der Waals surface area contributed by atoms with Crippen LogP contribution in [0.1, 0.15) is 13.8 Å². The Hall–Kier alpha value is -1.29. The molecule has 0 bridgehead atoms. The Bertz CT molecular complexity index is 1010. The summed E-state index contributed by atoms with van der Waals surface area (Å²) in [4.78, 5) is 11.9. The third-order valence-corrected chi connectivity index (χ3v) is 8.57. The van der Waals surface area contributed by atoms with Crippen LogP contribution in [-0.2, 0) is 38.0 Å². The van der Waals surface area contributed by atoms with Gasteiger partial charge in [-0.1, -0.05) is 0 Å². The molecular formula is C26H45NO20. The van der Waals surface area contributed by atoms with E-state index in [-0.39, 0.29) is 0 Å². The first-order chi connectivity index (χ1) is 22.1.